The Morgan fingerprint density at radius 2 is 0.759 bits per heavy atom. The second kappa shape index (κ2) is 12.9. The van der Waals surface area contributed by atoms with E-state index in [2.05, 4.69) is 228 Å². The van der Waals surface area contributed by atoms with E-state index >= 15 is 0 Å². The van der Waals surface area contributed by atoms with Gasteiger partial charge in [-0.05, 0) is 126 Å². The Bertz CT molecular complexity index is 3530. The number of aromatic nitrogens is 1. The number of rotatable bonds is 5. The molecule has 0 spiro atoms. The monoisotopic (exact) mass is 736 g/mol. The zero-order valence-corrected chi connectivity index (χ0v) is 31.7. The molecule has 0 saturated carbocycles. The van der Waals surface area contributed by atoms with Crippen LogP contribution in [0.15, 0.2) is 218 Å². The second-order valence-corrected chi connectivity index (χ2v) is 15.3. The Balaban J connectivity index is 1.05. The SMILES string of the molecule is c1ccc(N(c2ccc3c4ccccc4c4ccccc4c3c2)c2ccc3c4ccccc4n(-c4ccc(-c5cc6ccccc6c6ccccc56)cc4)c3c2)cc1. The van der Waals surface area contributed by atoms with Gasteiger partial charge in [0.2, 0.25) is 0 Å². The summed E-state index contributed by atoms with van der Waals surface area (Å²) in [6.07, 6.45) is 0. The van der Waals surface area contributed by atoms with Crippen molar-refractivity contribution in [1.29, 1.82) is 0 Å². The summed E-state index contributed by atoms with van der Waals surface area (Å²) in [4.78, 5) is 2.40. The van der Waals surface area contributed by atoms with Gasteiger partial charge in [-0.15, -0.1) is 0 Å². The quantitative estimate of drug-likeness (QED) is 0.160. The van der Waals surface area contributed by atoms with Crippen LogP contribution < -0.4 is 4.90 Å². The maximum absolute atomic E-state index is 2.43. The third-order valence-corrected chi connectivity index (χ3v) is 12.1. The molecule has 2 heteroatoms. The van der Waals surface area contributed by atoms with Crippen LogP contribution in [0.3, 0.4) is 0 Å². The highest BCUT2D eigenvalue weighted by atomic mass is 15.1. The molecule has 0 aliphatic carbocycles. The standard InChI is InChI=1S/C56H36N2/c1-2-15-39(16-3-1)57(41-30-32-50-47-21-8-7-19-45(47)46-20-9-11-23-49(46)54(50)35-41)42-31-33-52-51-24-12-13-25-55(51)58(56(52)36-42)40-28-26-37(27-29-40)53-34-38-14-4-5-17-43(38)44-18-6-10-22-48(44)53/h1-36H. The Morgan fingerprint density at radius 3 is 1.45 bits per heavy atom. The van der Waals surface area contributed by atoms with E-state index in [0.29, 0.717) is 0 Å². The van der Waals surface area contributed by atoms with Crippen LogP contribution in [0.1, 0.15) is 0 Å². The van der Waals surface area contributed by atoms with E-state index in [1.54, 1.807) is 0 Å². The molecule has 1 aromatic heterocycles. The van der Waals surface area contributed by atoms with Gasteiger partial charge in [-0.2, -0.15) is 0 Å². The summed E-state index contributed by atoms with van der Waals surface area (Å²) in [6, 6.07) is 80.0. The molecule has 270 valence electrons. The zero-order valence-electron chi connectivity index (χ0n) is 31.7. The van der Waals surface area contributed by atoms with E-state index in [1.165, 1.54) is 86.8 Å². The molecule has 0 N–H and O–H groups in total. The minimum Gasteiger partial charge on any atom is -0.310 e. The van der Waals surface area contributed by atoms with E-state index < -0.39 is 0 Å². The van der Waals surface area contributed by atoms with Crippen molar-refractivity contribution in [2.24, 2.45) is 0 Å². The van der Waals surface area contributed by atoms with Gasteiger partial charge in [-0.25, -0.2) is 0 Å². The average Bonchev–Trinajstić information content (AvgIpc) is 3.63. The lowest BCUT2D eigenvalue weighted by molar-refractivity contribution is 1.18. The molecule has 11 aromatic carbocycles. The molecule has 0 fully saturated rings. The molecule has 58 heavy (non-hydrogen) atoms. The molecule has 12 rings (SSSR count). The Kier molecular flexibility index (Phi) is 7.26. The Morgan fingerprint density at radius 1 is 0.276 bits per heavy atom. The van der Waals surface area contributed by atoms with Crippen molar-refractivity contribution in [2.45, 2.75) is 0 Å². The summed E-state index contributed by atoms with van der Waals surface area (Å²) >= 11 is 0. The molecular formula is C56H36N2. The van der Waals surface area contributed by atoms with Crippen LogP contribution >= 0.6 is 0 Å². The molecule has 0 amide bonds. The number of para-hydroxylation sites is 2. The van der Waals surface area contributed by atoms with Gasteiger partial charge in [0.25, 0.3) is 0 Å². The van der Waals surface area contributed by atoms with Gasteiger partial charge in [-0.3, -0.25) is 0 Å². The van der Waals surface area contributed by atoms with Crippen LogP contribution in [0.5, 0.6) is 0 Å². The Hall–Kier alpha value is -7.68. The molecule has 2 nitrogen and oxygen atoms in total. The topological polar surface area (TPSA) is 8.17 Å². The summed E-state index contributed by atoms with van der Waals surface area (Å²) in [5.41, 5.74) is 9.28. The lowest BCUT2D eigenvalue weighted by Crippen LogP contribution is -2.10. The van der Waals surface area contributed by atoms with Gasteiger partial charge in [0.15, 0.2) is 0 Å². The fourth-order valence-electron chi connectivity index (χ4n) is 9.52. The highest BCUT2D eigenvalue weighted by molar-refractivity contribution is 6.26. The number of hydrogen-bond acceptors (Lipinski definition) is 1. The van der Waals surface area contributed by atoms with Crippen LogP contribution in [0.2, 0.25) is 0 Å². The van der Waals surface area contributed by atoms with Gasteiger partial charge in [0.1, 0.15) is 0 Å². The first-order chi connectivity index (χ1) is 28.8. The van der Waals surface area contributed by atoms with Crippen molar-refractivity contribution in [3.63, 3.8) is 0 Å². The molecule has 12 aromatic rings. The van der Waals surface area contributed by atoms with Crippen LogP contribution in [-0.2, 0) is 0 Å². The third-order valence-electron chi connectivity index (χ3n) is 12.1. The van der Waals surface area contributed by atoms with Crippen LogP contribution in [0, 0.1) is 0 Å². The summed E-state index contributed by atoms with van der Waals surface area (Å²) in [5.74, 6) is 0. The maximum atomic E-state index is 2.43. The summed E-state index contributed by atoms with van der Waals surface area (Å²) in [7, 11) is 0. The number of benzene rings is 11. The molecule has 0 atom stereocenters. The number of fused-ring (bicyclic) bond motifs is 12. The number of anilines is 3. The fraction of sp³-hybridized carbons (Fsp3) is 0. The van der Waals surface area contributed by atoms with Crippen molar-refractivity contribution < 1.29 is 0 Å². The van der Waals surface area contributed by atoms with Crippen molar-refractivity contribution in [3.8, 4) is 16.8 Å². The lowest BCUT2D eigenvalue weighted by atomic mass is 9.93. The van der Waals surface area contributed by atoms with Gasteiger partial charge < -0.3 is 9.47 Å². The predicted octanol–water partition coefficient (Wildman–Crippen LogP) is 15.7. The Labute approximate surface area is 336 Å². The van der Waals surface area contributed by atoms with E-state index in [1.807, 2.05) is 0 Å². The van der Waals surface area contributed by atoms with Gasteiger partial charge in [-0.1, -0.05) is 158 Å². The van der Waals surface area contributed by atoms with Crippen LogP contribution in [0.4, 0.5) is 17.1 Å². The normalized spacial score (nSPS) is 11.8. The van der Waals surface area contributed by atoms with E-state index in [9.17, 15) is 0 Å². The highest BCUT2D eigenvalue weighted by Gasteiger charge is 2.19. The first kappa shape index (κ1) is 32.6. The van der Waals surface area contributed by atoms with Gasteiger partial charge in [0, 0.05) is 33.5 Å². The summed E-state index contributed by atoms with van der Waals surface area (Å²) in [6.45, 7) is 0. The molecule has 0 unspecified atom stereocenters. The van der Waals surface area contributed by atoms with Crippen LogP contribution in [-0.4, -0.2) is 4.57 Å². The molecule has 0 bridgehead atoms. The molecule has 0 radical (unpaired) electrons. The predicted molar refractivity (Wildman–Crippen MR) is 248 cm³/mol. The van der Waals surface area contributed by atoms with E-state index in [0.717, 1.165) is 22.7 Å². The zero-order chi connectivity index (χ0) is 38.2. The average molecular weight is 737 g/mol. The van der Waals surface area contributed by atoms with Crippen molar-refractivity contribution in [1.82, 2.24) is 4.57 Å². The third kappa shape index (κ3) is 4.99. The van der Waals surface area contributed by atoms with E-state index in [4.69, 9.17) is 0 Å². The minimum absolute atomic E-state index is 1.10. The molecule has 0 aliphatic rings. The summed E-state index contributed by atoms with van der Waals surface area (Å²) in [5, 5.41) is 15.2. The van der Waals surface area contributed by atoms with Crippen molar-refractivity contribution >= 4 is 92.7 Å². The van der Waals surface area contributed by atoms with E-state index in [-0.39, 0.29) is 0 Å². The summed E-state index contributed by atoms with van der Waals surface area (Å²) < 4.78 is 2.43. The number of hydrogen-bond donors (Lipinski definition) is 0. The van der Waals surface area contributed by atoms with Crippen LogP contribution in [0.25, 0.3) is 92.5 Å². The fourth-order valence-corrected chi connectivity index (χ4v) is 9.52. The largest absolute Gasteiger partial charge is 0.310 e. The molecule has 0 aliphatic heterocycles. The lowest BCUT2D eigenvalue weighted by Gasteiger charge is -2.26. The highest BCUT2D eigenvalue weighted by Crippen LogP contribution is 2.43. The minimum atomic E-state index is 1.10. The molecule has 1 heterocycles. The van der Waals surface area contributed by atoms with Crippen molar-refractivity contribution in [3.05, 3.63) is 218 Å². The van der Waals surface area contributed by atoms with Crippen molar-refractivity contribution in [2.75, 3.05) is 4.90 Å². The smallest absolute Gasteiger partial charge is 0.0561 e. The maximum Gasteiger partial charge on any atom is 0.0561 e. The van der Waals surface area contributed by atoms with Gasteiger partial charge in [0.05, 0.1) is 11.0 Å². The first-order valence-corrected chi connectivity index (χ1v) is 20.0. The molecular weight excluding hydrogens is 701 g/mol. The second-order valence-electron chi connectivity index (χ2n) is 15.3. The molecule has 0 saturated heterocycles. The van der Waals surface area contributed by atoms with Gasteiger partial charge >= 0.3 is 0 Å². The first-order valence-electron chi connectivity index (χ1n) is 20.0. The number of nitrogens with zero attached hydrogens (tertiary/aromatic N) is 2.